The topological polar surface area (TPSA) is 92.8 Å². The second-order valence-electron chi connectivity index (χ2n) is 8.38. The lowest BCUT2D eigenvalue weighted by atomic mass is 9.78. The molecule has 0 spiro atoms. The normalized spacial score (nSPS) is 21.6. The lowest BCUT2D eigenvalue weighted by molar-refractivity contribution is -0.137. The van der Waals surface area contributed by atoms with Crippen molar-refractivity contribution in [2.75, 3.05) is 16.8 Å². The zero-order valence-electron chi connectivity index (χ0n) is 18.5. The van der Waals surface area contributed by atoms with Gasteiger partial charge in [-0.3, -0.25) is 19.3 Å². The van der Waals surface area contributed by atoms with Crippen LogP contribution in [0.15, 0.2) is 60.7 Å². The lowest BCUT2D eigenvalue weighted by Gasteiger charge is -2.22. The molecule has 2 aromatic rings. The van der Waals surface area contributed by atoms with Crippen molar-refractivity contribution in [3.05, 3.63) is 71.8 Å². The van der Waals surface area contributed by atoms with Gasteiger partial charge in [0.25, 0.3) is 5.91 Å². The minimum absolute atomic E-state index is 0.0452. The fourth-order valence-corrected chi connectivity index (χ4v) is 4.39. The van der Waals surface area contributed by atoms with E-state index in [9.17, 15) is 32.3 Å². The number of para-hydroxylation sites is 1. The number of carbonyl (C=O) groups is 4. The average molecular weight is 486 g/mol. The lowest BCUT2D eigenvalue weighted by Crippen LogP contribution is -2.31. The van der Waals surface area contributed by atoms with Crippen molar-refractivity contribution in [1.29, 1.82) is 0 Å². The Bertz CT molecular complexity index is 1210. The van der Waals surface area contributed by atoms with Crippen LogP contribution in [0.25, 0.3) is 0 Å². The van der Waals surface area contributed by atoms with E-state index in [-0.39, 0.29) is 23.3 Å². The molecular formula is C25H21F3N2O5. The molecule has 3 amide bonds. The van der Waals surface area contributed by atoms with Gasteiger partial charge in [0, 0.05) is 0 Å². The predicted molar refractivity (Wildman–Crippen MR) is 119 cm³/mol. The molecule has 3 atom stereocenters. The highest BCUT2D eigenvalue weighted by molar-refractivity contribution is 6.22. The minimum Gasteiger partial charge on any atom is -0.452 e. The molecule has 182 valence electrons. The molecule has 1 saturated heterocycles. The molecule has 1 heterocycles. The van der Waals surface area contributed by atoms with Crippen LogP contribution in [0, 0.1) is 17.8 Å². The zero-order chi connectivity index (χ0) is 25.3. The summed E-state index contributed by atoms with van der Waals surface area (Å²) >= 11 is 0. The Kier molecular flexibility index (Phi) is 6.47. The van der Waals surface area contributed by atoms with E-state index in [0.29, 0.717) is 12.1 Å². The van der Waals surface area contributed by atoms with Crippen LogP contribution in [0.3, 0.4) is 0 Å². The van der Waals surface area contributed by atoms with E-state index >= 15 is 0 Å². The second kappa shape index (κ2) is 9.36. The Morgan fingerprint density at radius 3 is 2.40 bits per heavy atom. The summed E-state index contributed by atoms with van der Waals surface area (Å²) in [5, 5.41) is 2.08. The van der Waals surface area contributed by atoms with Crippen LogP contribution in [0.1, 0.15) is 29.3 Å². The molecule has 1 fully saturated rings. The molecule has 0 saturated carbocycles. The van der Waals surface area contributed by atoms with E-state index in [2.05, 4.69) is 5.32 Å². The zero-order valence-corrected chi connectivity index (χ0v) is 18.5. The number of alkyl halides is 3. The molecule has 0 radical (unpaired) electrons. The first kappa shape index (κ1) is 24.2. The number of carbonyl (C=O) groups excluding carboxylic acids is 4. The van der Waals surface area contributed by atoms with Crippen LogP contribution in [-0.4, -0.2) is 30.3 Å². The fraction of sp³-hybridized carbons (Fsp3) is 0.280. The number of hydrogen-bond donors (Lipinski definition) is 1. The largest absolute Gasteiger partial charge is 0.452 e. The van der Waals surface area contributed by atoms with Gasteiger partial charge < -0.3 is 10.1 Å². The average Bonchev–Trinajstić information content (AvgIpc) is 3.08. The number of imide groups is 1. The third-order valence-electron chi connectivity index (χ3n) is 6.07. The number of nitrogens with zero attached hydrogens (tertiary/aromatic N) is 1. The van der Waals surface area contributed by atoms with Gasteiger partial charge in [-0.25, -0.2) is 4.79 Å². The molecule has 0 bridgehead atoms. The first-order chi connectivity index (χ1) is 16.6. The molecule has 1 aliphatic carbocycles. The Hall–Kier alpha value is -3.95. The maximum atomic E-state index is 13.0. The molecule has 4 rings (SSSR count). The van der Waals surface area contributed by atoms with Crippen LogP contribution in [0.5, 0.6) is 0 Å². The molecule has 2 aliphatic rings. The van der Waals surface area contributed by atoms with Gasteiger partial charge in [0.05, 0.1) is 34.3 Å². The molecule has 2 aromatic carbocycles. The SMILES string of the molecule is C[C@@H]1C=CC[C@H]2C(=O)N(c3ccc(C(=O)OCC(=O)Nc4ccccc4C(F)(F)F)cc3)C(=O)[C@H]12. The summed E-state index contributed by atoms with van der Waals surface area (Å²) in [4.78, 5) is 51.1. The summed E-state index contributed by atoms with van der Waals surface area (Å²) in [6.45, 7) is 1.09. The van der Waals surface area contributed by atoms with E-state index in [1.165, 1.54) is 36.4 Å². The van der Waals surface area contributed by atoms with Crippen molar-refractivity contribution in [3.63, 3.8) is 0 Å². The summed E-state index contributed by atoms with van der Waals surface area (Å²) in [5.41, 5.74) is -1.11. The maximum absolute atomic E-state index is 13.0. The smallest absolute Gasteiger partial charge is 0.418 e. The molecule has 0 aromatic heterocycles. The van der Waals surface area contributed by atoms with E-state index < -0.39 is 47.7 Å². The summed E-state index contributed by atoms with van der Waals surface area (Å²) < 4.78 is 44.0. The van der Waals surface area contributed by atoms with E-state index in [4.69, 9.17) is 4.74 Å². The summed E-state index contributed by atoms with van der Waals surface area (Å²) in [7, 11) is 0. The van der Waals surface area contributed by atoms with Gasteiger partial charge in [0.15, 0.2) is 6.61 Å². The molecular weight excluding hydrogens is 465 g/mol. The van der Waals surface area contributed by atoms with Gasteiger partial charge >= 0.3 is 12.1 Å². The predicted octanol–water partition coefficient (Wildman–Crippen LogP) is 4.20. The molecule has 1 aliphatic heterocycles. The number of ether oxygens (including phenoxy) is 1. The summed E-state index contributed by atoms with van der Waals surface area (Å²) in [5.74, 6) is -3.29. The highest BCUT2D eigenvalue weighted by atomic mass is 19.4. The van der Waals surface area contributed by atoms with E-state index in [1.807, 2.05) is 19.1 Å². The Balaban J connectivity index is 1.38. The number of nitrogens with one attached hydrogen (secondary N) is 1. The first-order valence-corrected chi connectivity index (χ1v) is 10.9. The van der Waals surface area contributed by atoms with Crippen molar-refractivity contribution in [1.82, 2.24) is 0 Å². The minimum atomic E-state index is -4.66. The number of fused-ring (bicyclic) bond motifs is 1. The molecule has 35 heavy (non-hydrogen) atoms. The van der Waals surface area contributed by atoms with Gasteiger partial charge in [-0.2, -0.15) is 13.2 Å². The van der Waals surface area contributed by atoms with Crippen molar-refractivity contribution in [2.24, 2.45) is 17.8 Å². The van der Waals surface area contributed by atoms with E-state index in [0.717, 1.165) is 17.0 Å². The van der Waals surface area contributed by atoms with Crippen LogP contribution in [-0.2, 0) is 25.3 Å². The van der Waals surface area contributed by atoms with Crippen LogP contribution in [0.2, 0.25) is 0 Å². The Morgan fingerprint density at radius 1 is 1.06 bits per heavy atom. The number of amides is 3. The van der Waals surface area contributed by atoms with Crippen LogP contribution in [0.4, 0.5) is 24.5 Å². The monoisotopic (exact) mass is 486 g/mol. The third-order valence-corrected chi connectivity index (χ3v) is 6.07. The number of anilines is 2. The van der Waals surface area contributed by atoms with Gasteiger partial charge in [-0.05, 0) is 48.7 Å². The standard InChI is InChI=1S/C25H21F3N2O5/c1-14-5-4-6-17-21(14)23(33)30(22(17)32)16-11-9-15(10-12-16)24(34)35-13-20(31)29-19-8-3-2-7-18(19)25(26,27)28/h2-5,7-12,14,17,21H,6,13H2,1H3,(H,29,31)/t14-,17-,21-/m1/s1. The van der Waals surface area contributed by atoms with Crippen LogP contribution < -0.4 is 10.2 Å². The van der Waals surface area contributed by atoms with Crippen molar-refractivity contribution < 1.29 is 37.1 Å². The van der Waals surface area contributed by atoms with Gasteiger partial charge in [-0.15, -0.1) is 0 Å². The summed E-state index contributed by atoms with van der Waals surface area (Å²) in [6, 6.07) is 10.00. The molecule has 7 nitrogen and oxygen atoms in total. The highest BCUT2D eigenvalue weighted by Gasteiger charge is 2.50. The number of allylic oxidation sites excluding steroid dienone is 2. The van der Waals surface area contributed by atoms with Crippen LogP contribution >= 0.6 is 0 Å². The molecule has 0 unspecified atom stereocenters. The fourth-order valence-electron chi connectivity index (χ4n) is 4.39. The van der Waals surface area contributed by atoms with Gasteiger partial charge in [0.2, 0.25) is 11.8 Å². The first-order valence-electron chi connectivity index (χ1n) is 10.9. The van der Waals surface area contributed by atoms with Gasteiger partial charge in [0.1, 0.15) is 0 Å². The maximum Gasteiger partial charge on any atom is 0.418 e. The van der Waals surface area contributed by atoms with E-state index in [1.54, 1.807) is 0 Å². The van der Waals surface area contributed by atoms with Gasteiger partial charge in [-0.1, -0.05) is 31.2 Å². The van der Waals surface area contributed by atoms with Crippen molar-refractivity contribution >= 4 is 35.1 Å². The number of rotatable bonds is 5. The second-order valence-corrected chi connectivity index (χ2v) is 8.38. The number of hydrogen-bond acceptors (Lipinski definition) is 5. The third kappa shape index (κ3) is 4.82. The number of benzene rings is 2. The highest BCUT2D eigenvalue weighted by Crippen LogP contribution is 2.40. The quantitative estimate of drug-likeness (QED) is 0.389. The summed E-state index contributed by atoms with van der Waals surface area (Å²) in [6.07, 6.45) is -0.340. The van der Waals surface area contributed by atoms with Crippen molar-refractivity contribution in [3.8, 4) is 0 Å². The molecule has 10 heteroatoms. The molecule has 1 N–H and O–H groups in total. The number of halogens is 3. The number of esters is 1. The van der Waals surface area contributed by atoms with Crippen molar-refractivity contribution in [2.45, 2.75) is 19.5 Å². The Labute approximate surface area is 198 Å². The Morgan fingerprint density at radius 2 is 1.74 bits per heavy atom.